The topological polar surface area (TPSA) is 101 Å². The molecule has 1 amide bonds. The van der Waals surface area contributed by atoms with Gasteiger partial charge in [0.1, 0.15) is 0 Å². The summed E-state index contributed by atoms with van der Waals surface area (Å²) < 4.78 is 0.623. The van der Waals surface area contributed by atoms with Crippen LogP contribution in [0.25, 0.3) is 0 Å². The van der Waals surface area contributed by atoms with Crippen molar-refractivity contribution in [1.29, 1.82) is 0 Å². The van der Waals surface area contributed by atoms with Crippen molar-refractivity contribution >= 4 is 39.0 Å². The number of nitro benzene ring substituents is 1. The van der Waals surface area contributed by atoms with Crippen molar-refractivity contribution in [2.45, 2.75) is 12.0 Å². The van der Waals surface area contributed by atoms with E-state index in [1.165, 1.54) is 23.1 Å². The Morgan fingerprint density at radius 3 is 2.74 bits per heavy atom. The van der Waals surface area contributed by atoms with Gasteiger partial charge in [-0.3, -0.25) is 24.6 Å². The molecule has 0 fully saturated rings. The Balaban J connectivity index is 2.01. The van der Waals surface area contributed by atoms with Crippen molar-refractivity contribution in [3.05, 3.63) is 68.2 Å². The molecule has 0 saturated heterocycles. The number of aliphatic hydroxyl groups is 1. The highest BCUT2D eigenvalue weighted by molar-refractivity contribution is 9.10. The van der Waals surface area contributed by atoms with Crippen LogP contribution in [0.1, 0.15) is 22.3 Å². The Labute approximate surface area is 162 Å². The highest BCUT2D eigenvalue weighted by Gasteiger charge is 2.50. The highest BCUT2D eigenvalue weighted by Crippen LogP contribution is 2.44. The molecule has 136 valence electrons. The average Bonchev–Trinajstić information content (AvgIpc) is 2.84. The summed E-state index contributed by atoms with van der Waals surface area (Å²) in [5.41, 5.74) is -1.62. The molecule has 1 unspecified atom stereocenters. The lowest BCUT2D eigenvalue weighted by Crippen LogP contribution is -2.42. The van der Waals surface area contributed by atoms with Crippen molar-refractivity contribution in [3.8, 4) is 12.3 Å². The summed E-state index contributed by atoms with van der Waals surface area (Å²) in [5.74, 6) is 1.06. The molecular weight excluding hydrogens is 416 g/mol. The van der Waals surface area contributed by atoms with E-state index in [0.29, 0.717) is 10.2 Å². The van der Waals surface area contributed by atoms with Gasteiger partial charge in [-0.25, -0.2) is 0 Å². The summed E-state index contributed by atoms with van der Waals surface area (Å²) in [6.45, 7) is -0.0548. The Hall–Kier alpha value is -3.02. The van der Waals surface area contributed by atoms with Crippen LogP contribution in [0.5, 0.6) is 0 Å². The molecule has 27 heavy (non-hydrogen) atoms. The first-order valence-electron chi connectivity index (χ1n) is 7.83. The van der Waals surface area contributed by atoms with E-state index in [2.05, 4.69) is 21.9 Å². The lowest BCUT2D eigenvalue weighted by Gasteiger charge is -2.21. The molecule has 0 aliphatic carbocycles. The molecule has 0 bridgehead atoms. The number of hydrogen-bond donors (Lipinski definition) is 1. The van der Waals surface area contributed by atoms with Gasteiger partial charge in [-0.15, -0.1) is 6.42 Å². The lowest BCUT2D eigenvalue weighted by molar-refractivity contribution is -0.384. The maximum atomic E-state index is 12.8. The maximum absolute atomic E-state index is 12.8. The first-order chi connectivity index (χ1) is 12.8. The van der Waals surface area contributed by atoms with Crippen LogP contribution in [-0.4, -0.2) is 28.3 Å². The van der Waals surface area contributed by atoms with Crippen molar-refractivity contribution in [1.82, 2.24) is 0 Å². The van der Waals surface area contributed by atoms with Crippen LogP contribution in [-0.2, 0) is 10.4 Å². The molecule has 1 aliphatic heterocycles. The fourth-order valence-corrected chi connectivity index (χ4v) is 3.43. The van der Waals surface area contributed by atoms with E-state index in [4.69, 9.17) is 6.42 Å². The number of terminal acetylenes is 1. The summed E-state index contributed by atoms with van der Waals surface area (Å²) in [5, 5.41) is 22.0. The van der Waals surface area contributed by atoms with Gasteiger partial charge in [-0.1, -0.05) is 34.0 Å². The number of hydrogen-bond acceptors (Lipinski definition) is 5. The zero-order chi connectivity index (χ0) is 19.8. The van der Waals surface area contributed by atoms with Crippen LogP contribution in [0, 0.1) is 22.5 Å². The largest absolute Gasteiger partial charge is 0.375 e. The molecule has 2 aromatic carbocycles. The van der Waals surface area contributed by atoms with E-state index in [9.17, 15) is 24.8 Å². The molecular formula is C19H13BrN2O5. The van der Waals surface area contributed by atoms with Crippen LogP contribution >= 0.6 is 15.9 Å². The van der Waals surface area contributed by atoms with E-state index in [1.54, 1.807) is 18.2 Å². The lowest BCUT2D eigenvalue weighted by atomic mass is 9.88. The fraction of sp³-hybridized carbons (Fsp3) is 0.158. The molecule has 0 spiro atoms. The number of nitro groups is 1. The van der Waals surface area contributed by atoms with Crippen molar-refractivity contribution in [2.24, 2.45) is 0 Å². The highest BCUT2D eigenvalue weighted by atomic mass is 79.9. The molecule has 2 aromatic rings. The molecule has 1 N–H and O–H groups in total. The van der Waals surface area contributed by atoms with Gasteiger partial charge in [0.25, 0.3) is 11.6 Å². The third-order valence-corrected chi connectivity index (χ3v) is 4.83. The Morgan fingerprint density at radius 2 is 2.07 bits per heavy atom. The monoisotopic (exact) mass is 428 g/mol. The Kier molecular flexibility index (Phi) is 4.83. The number of carbonyl (C=O) groups excluding carboxylic acids is 2. The summed E-state index contributed by atoms with van der Waals surface area (Å²) in [7, 11) is 0. The van der Waals surface area contributed by atoms with Gasteiger partial charge in [0.15, 0.2) is 11.4 Å². The van der Waals surface area contributed by atoms with E-state index < -0.39 is 28.6 Å². The van der Waals surface area contributed by atoms with Gasteiger partial charge in [0.05, 0.1) is 23.6 Å². The predicted molar refractivity (Wildman–Crippen MR) is 101 cm³/mol. The molecule has 0 aromatic heterocycles. The summed E-state index contributed by atoms with van der Waals surface area (Å²) in [6, 6.07) is 10.0. The predicted octanol–water partition coefficient (Wildman–Crippen LogP) is 2.80. The number of benzene rings is 2. The van der Waals surface area contributed by atoms with Crippen LogP contribution in [0.3, 0.4) is 0 Å². The Morgan fingerprint density at radius 1 is 1.33 bits per heavy atom. The van der Waals surface area contributed by atoms with Crippen LogP contribution in [0.15, 0.2) is 46.9 Å². The van der Waals surface area contributed by atoms with E-state index in [-0.39, 0.29) is 23.4 Å². The van der Waals surface area contributed by atoms with Gasteiger partial charge in [0, 0.05) is 27.7 Å². The number of anilines is 1. The molecule has 0 saturated carbocycles. The van der Waals surface area contributed by atoms with Gasteiger partial charge in [-0.2, -0.15) is 0 Å². The molecule has 7 nitrogen and oxygen atoms in total. The van der Waals surface area contributed by atoms with Gasteiger partial charge < -0.3 is 5.11 Å². The summed E-state index contributed by atoms with van der Waals surface area (Å²) in [4.78, 5) is 37.0. The first kappa shape index (κ1) is 18.8. The van der Waals surface area contributed by atoms with Crippen molar-refractivity contribution in [3.63, 3.8) is 0 Å². The minimum atomic E-state index is -2.10. The zero-order valence-electron chi connectivity index (χ0n) is 13.9. The second-order valence-electron chi connectivity index (χ2n) is 6.02. The van der Waals surface area contributed by atoms with E-state index >= 15 is 0 Å². The van der Waals surface area contributed by atoms with Crippen molar-refractivity contribution in [2.75, 3.05) is 11.4 Å². The molecule has 3 rings (SSSR count). The minimum Gasteiger partial charge on any atom is -0.375 e. The Bertz CT molecular complexity index is 1010. The molecule has 0 radical (unpaired) electrons. The minimum absolute atomic E-state index is 0.0392. The fourth-order valence-electron chi connectivity index (χ4n) is 3.07. The number of amides is 1. The smallest absolute Gasteiger partial charge is 0.270 e. The van der Waals surface area contributed by atoms with E-state index in [1.807, 2.05) is 0 Å². The zero-order valence-corrected chi connectivity index (χ0v) is 15.5. The molecule has 1 heterocycles. The van der Waals surface area contributed by atoms with E-state index in [0.717, 1.165) is 6.07 Å². The van der Waals surface area contributed by atoms with Crippen molar-refractivity contribution < 1.29 is 19.6 Å². The third kappa shape index (κ3) is 3.23. The van der Waals surface area contributed by atoms with Crippen LogP contribution < -0.4 is 4.90 Å². The number of rotatable bonds is 5. The number of fused-ring (bicyclic) bond motifs is 1. The molecule has 8 heteroatoms. The SMILES string of the molecule is C#CCN1C(=O)C(O)(CC(=O)c2cccc([N+](=O)[O-])c2)c2cc(Br)ccc21. The molecule has 1 aliphatic rings. The average molecular weight is 429 g/mol. The quantitative estimate of drug-likeness (QED) is 0.341. The van der Waals surface area contributed by atoms with Crippen LogP contribution in [0.2, 0.25) is 0 Å². The van der Waals surface area contributed by atoms with Gasteiger partial charge in [-0.05, 0) is 18.2 Å². The summed E-state index contributed by atoms with van der Waals surface area (Å²) >= 11 is 3.29. The summed E-state index contributed by atoms with van der Waals surface area (Å²) in [6.07, 6.45) is 4.76. The maximum Gasteiger partial charge on any atom is 0.270 e. The standard InChI is InChI=1S/C19H13BrN2O5/c1-2-8-21-16-7-6-13(20)10-15(16)19(25,18(21)24)11-17(23)12-4-3-5-14(9-12)22(26)27/h1,3-7,9-10,25H,8,11H2. The number of halogens is 1. The van der Waals surface area contributed by atoms with Gasteiger partial charge >= 0.3 is 0 Å². The first-order valence-corrected chi connectivity index (χ1v) is 8.62. The molecule has 1 atom stereocenters. The normalized spacial score (nSPS) is 18.1. The van der Waals surface area contributed by atoms with Crippen LogP contribution in [0.4, 0.5) is 11.4 Å². The number of ketones is 1. The third-order valence-electron chi connectivity index (χ3n) is 4.34. The van der Waals surface area contributed by atoms with Gasteiger partial charge in [0.2, 0.25) is 0 Å². The number of carbonyl (C=O) groups is 2. The second-order valence-corrected chi connectivity index (χ2v) is 6.94. The number of Topliss-reactive ketones (excluding diaryl/α,β-unsaturated/α-hetero) is 1. The number of nitrogens with zero attached hydrogens (tertiary/aromatic N) is 2. The second kappa shape index (κ2) is 6.95. The number of non-ortho nitro benzene ring substituents is 1.